The maximum atomic E-state index is 11.4. The molecule has 0 saturated carbocycles. The Balaban J connectivity index is 0.000000271. The van der Waals surface area contributed by atoms with Crippen molar-refractivity contribution in [3.63, 3.8) is 0 Å². The van der Waals surface area contributed by atoms with Crippen LogP contribution in [-0.2, 0) is 18.8 Å². The fourth-order valence-electron chi connectivity index (χ4n) is 1.76. The second-order valence-electron chi connectivity index (χ2n) is 4.75. The van der Waals surface area contributed by atoms with Crippen LogP contribution in [0.3, 0.4) is 0 Å². The first-order chi connectivity index (χ1) is 11.7. The summed E-state index contributed by atoms with van der Waals surface area (Å²) in [6.45, 7) is 3.19. The van der Waals surface area contributed by atoms with Crippen molar-refractivity contribution in [2.24, 2.45) is 0 Å². The van der Waals surface area contributed by atoms with Crippen LogP contribution in [0, 0.1) is 4.77 Å². The van der Waals surface area contributed by atoms with Crippen molar-refractivity contribution in [1.82, 2.24) is 9.97 Å². The maximum absolute atomic E-state index is 11.4. The van der Waals surface area contributed by atoms with Crippen LogP contribution in [0.4, 0.5) is 5.69 Å². The number of carbonyl (C=O) groups is 1. The van der Waals surface area contributed by atoms with Gasteiger partial charge in [0.1, 0.15) is 0 Å². The fourth-order valence-corrected chi connectivity index (χ4v) is 3.58. The third-order valence-electron chi connectivity index (χ3n) is 2.91. The standard InChI is InChI=1S/C8H10AsNO5.C6H8N2OS/c1-6(11)10-8-5-3-2-4-7(8)9(12,13)15-14;1-2-4-3-7-6(10)8-5(4)9/h2-5,14H,1H3,(H,10,11)(H,12,13);3H,2H2,1H3,(H2,7,8,9,10). The van der Waals surface area contributed by atoms with E-state index < -0.39 is 14.2 Å². The van der Waals surface area contributed by atoms with Crippen LogP contribution in [0.5, 0.6) is 0 Å². The van der Waals surface area contributed by atoms with Gasteiger partial charge in [0.15, 0.2) is 4.77 Å². The number of anilines is 1. The molecule has 2 aromatic rings. The average molecular weight is 431 g/mol. The predicted molar refractivity (Wildman–Crippen MR) is 94.4 cm³/mol. The SMILES string of the molecule is CC(=O)Nc1ccccc1[As](=O)(O)OO.CCc1c[nH]c(=S)[nH]c1=O. The molecule has 1 atom stereocenters. The van der Waals surface area contributed by atoms with Crippen molar-refractivity contribution >= 4 is 42.3 Å². The van der Waals surface area contributed by atoms with E-state index in [0.717, 1.165) is 12.0 Å². The Labute approximate surface area is 151 Å². The molecule has 1 unspecified atom stereocenters. The molecule has 0 aliphatic heterocycles. The number of benzene rings is 1. The van der Waals surface area contributed by atoms with E-state index in [1.807, 2.05) is 6.92 Å². The summed E-state index contributed by atoms with van der Waals surface area (Å²) in [6.07, 6.45) is 2.36. The van der Waals surface area contributed by atoms with E-state index in [1.54, 1.807) is 12.3 Å². The van der Waals surface area contributed by atoms with Crippen molar-refractivity contribution in [2.45, 2.75) is 20.3 Å². The van der Waals surface area contributed by atoms with Crippen LogP contribution in [0.1, 0.15) is 19.4 Å². The van der Waals surface area contributed by atoms with Gasteiger partial charge in [0.2, 0.25) is 0 Å². The van der Waals surface area contributed by atoms with Gasteiger partial charge < -0.3 is 4.98 Å². The smallest absolute Gasteiger partial charge is 0.254 e. The molecular weight excluding hydrogens is 413 g/mol. The number of rotatable bonds is 4. The van der Waals surface area contributed by atoms with E-state index in [0.29, 0.717) is 4.77 Å². The molecule has 1 amide bonds. The molecule has 1 aromatic carbocycles. The van der Waals surface area contributed by atoms with Crippen molar-refractivity contribution in [2.75, 3.05) is 5.32 Å². The second-order valence-corrected chi connectivity index (χ2v) is 8.70. The van der Waals surface area contributed by atoms with E-state index in [2.05, 4.69) is 19.2 Å². The van der Waals surface area contributed by atoms with Crippen molar-refractivity contribution < 1.29 is 21.8 Å². The van der Waals surface area contributed by atoms with Gasteiger partial charge in [0.25, 0.3) is 5.56 Å². The third-order valence-corrected chi connectivity index (χ3v) is 5.69. The molecule has 0 fully saturated rings. The number of aromatic nitrogens is 2. The van der Waals surface area contributed by atoms with Gasteiger partial charge in [-0.25, -0.2) is 0 Å². The van der Waals surface area contributed by atoms with Crippen LogP contribution >= 0.6 is 12.2 Å². The van der Waals surface area contributed by atoms with Crippen LogP contribution < -0.4 is 15.2 Å². The van der Waals surface area contributed by atoms with Gasteiger partial charge >= 0.3 is 88.4 Å². The van der Waals surface area contributed by atoms with E-state index in [1.165, 1.54) is 25.1 Å². The summed E-state index contributed by atoms with van der Waals surface area (Å²) in [4.78, 5) is 27.0. The number of para-hydroxylation sites is 1. The Morgan fingerprint density at radius 3 is 2.56 bits per heavy atom. The van der Waals surface area contributed by atoms with E-state index in [4.69, 9.17) is 17.5 Å². The Hall–Kier alpha value is -1.97. The molecule has 11 heteroatoms. The summed E-state index contributed by atoms with van der Waals surface area (Å²) < 4.78 is 24.5. The van der Waals surface area contributed by atoms with E-state index >= 15 is 0 Å². The first-order valence-corrected chi connectivity index (χ1v) is 10.8. The quantitative estimate of drug-likeness (QED) is 0.207. The monoisotopic (exact) mass is 431 g/mol. The molecule has 0 radical (unpaired) electrons. The Bertz CT molecular complexity index is 894. The molecule has 136 valence electrons. The summed E-state index contributed by atoms with van der Waals surface area (Å²) in [5, 5.41) is 10.7. The normalized spacial score (nSPS) is 12.5. The van der Waals surface area contributed by atoms with Gasteiger partial charge in [-0.1, -0.05) is 6.92 Å². The molecule has 1 heterocycles. The van der Waals surface area contributed by atoms with Crippen molar-refractivity contribution in [1.29, 1.82) is 0 Å². The van der Waals surface area contributed by atoms with Gasteiger partial charge in [-0.05, 0) is 18.6 Å². The number of H-pyrrole nitrogens is 2. The van der Waals surface area contributed by atoms with Crippen LogP contribution in [0.25, 0.3) is 0 Å². The van der Waals surface area contributed by atoms with Crippen molar-refractivity contribution in [3.8, 4) is 0 Å². The molecular formula is C14H18AsN3O6S. The summed E-state index contributed by atoms with van der Waals surface area (Å²) >= 11 is -0.228. The molecule has 0 bridgehead atoms. The minimum Gasteiger partial charge on any atom is -0.338 e. The molecule has 25 heavy (non-hydrogen) atoms. The minimum absolute atomic E-state index is 0.0914. The van der Waals surface area contributed by atoms with Crippen LogP contribution in [-0.4, -0.2) is 39.4 Å². The summed E-state index contributed by atoms with van der Waals surface area (Å²) in [6, 6.07) is 5.84. The molecule has 9 nitrogen and oxygen atoms in total. The van der Waals surface area contributed by atoms with Gasteiger partial charge in [0, 0.05) is 11.8 Å². The molecule has 0 aliphatic carbocycles. The summed E-state index contributed by atoms with van der Waals surface area (Å²) in [5.41, 5.74) is 0.795. The second kappa shape index (κ2) is 9.50. The summed E-state index contributed by atoms with van der Waals surface area (Å²) in [5.74, 6) is -0.379. The zero-order valence-corrected chi connectivity index (χ0v) is 16.2. The maximum Gasteiger partial charge on any atom is 0.254 e. The molecule has 0 saturated heterocycles. The number of carbonyl (C=O) groups excluding carboxylic acids is 1. The Morgan fingerprint density at radius 2 is 2.04 bits per heavy atom. The van der Waals surface area contributed by atoms with Crippen molar-refractivity contribution in [3.05, 3.63) is 51.2 Å². The molecule has 0 aliphatic rings. The van der Waals surface area contributed by atoms with Gasteiger partial charge in [-0.15, -0.1) is 0 Å². The number of nitrogens with one attached hydrogen (secondary N) is 3. The van der Waals surface area contributed by atoms with Crippen LogP contribution in [0.15, 0.2) is 35.3 Å². The summed E-state index contributed by atoms with van der Waals surface area (Å²) in [7, 11) is 0. The van der Waals surface area contributed by atoms with E-state index in [9.17, 15) is 17.4 Å². The topological polar surface area (TPSA) is 145 Å². The molecule has 1 aromatic heterocycles. The fraction of sp³-hybridized carbons (Fsp3) is 0.214. The van der Waals surface area contributed by atoms with Crippen LogP contribution in [0.2, 0.25) is 0 Å². The molecule has 0 spiro atoms. The van der Waals surface area contributed by atoms with Gasteiger partial charge in [0.05, 0.1) is 0 Å². The number of aromatic amines is 2. The van der Waals surface area contributed by atoms with Gasteiger partial charge in [-0.3, -0.25) is 9.78 Å². The zero-order chi connectivity index (χ0) is 19.0. The van der Waals surface area contributed by atoms with E-state index in [-0.39, 0.29) is 21.5 Å². The Morgan fingerprint density at radius 1 is 1.40 bits per heavy atom. The average Bonchev–Trinajstić information content (AvgIpc) is 2.55. The molecule has 5 N–H and O–H groups in total. The first-order valence-electron chi connectivity index (χ1n) is 7.05. The number of hydrogen-bond acceptors (Lipinski definition) is 6. The Kier molecular flexibility index (Phi) is 8.00. The first kappa shape index (κ1) is 21.1. The van der Waals surface area contributed by atoms with Gasteiger partial charge in [-0.2, -0.15) is 0 Å². The number of amides is 1. The third kappa shape index (κ3) is 6.44. The zero-order valence-electron chi connectivity index (χ0n) is 13.5. The minimum atomic E-state index is -4.92. The largest absolute Gasteiger partial charge is 0.338 e. The number of aryl methyl sites for hydroxylation is 1. The molecule has 2 rings (SSSR count). The number of hydrogen-bond donors (Lipinski definition) is 5. The predicted octanol–water partition coefficient (Wildman–Crippen LogP) is 0.698.